The lowest BCUT2D eigenvalue weighted by Gasteiger charge is -2.27. The first-order valence-corrected chi connectivity index (χ1v) is 12.8. The summed E-state index contributed by atoms with van der Waals surface area (Å²) >= 11 is 0. The number of aliphatic hydroxyl groups is 1. The van der Waals surface area contributed by atoms with Crippen LogP contribution < -0.4 is 10.0 Å². The third-order valence-corrected chi connectivity index (χ3v) is 7.47. The van der Waals surface area contributed by atoms with Gasteiger partial charge in [-0.25, -0.2) is 17.9 Å². The summed E-state index contributed by atoms with van der Waals surface area (Å²) in [6.07, 6.45) is 8.49. The largest absolute Gasteiger partial charge is 0.479 e. The van der Waals surface area contributed by atoms with Gasteiger partial charge in [-0.05, 0) is 44.4 Å². The van der Waals surface area contributed by atoms with Crippen molar-refractivity contribution in [3.8, 4) is 0 Å². The Bertz CT molecular complexity index is 725. The van der Waals surface area contributed by atoms with Gasteiger partial charge in [0.25, 0.3) is 0 Å². The number of hydrogen-bond donors (Lipinski definition) is 4. The van der Waals surface area contributed by atoms with Crippen LogP contribution in [0, 0.1) is 11.8 Å². The van der Waals surface area contributed by atoms with Crippen molar-refractivity contribution in [2.24, 2.45) is 11.8 Å². The van der Waals surface area contributed by atoms with Gasteiger partial charge in [0.2, 0.25) is 15.9 Å². The van der Waals surface area contributed by atoms with Gasteiger partial charge in [-0.15, -0.1) is 0 Å². The van der Waals surface area contributed by atoms with Gasteiger partial charge in [0.05, 0.1) is 24.5 Å². The van der Waals surface area contributed by atoms with E-state index in [0.717, 1.165) is 32.1 Å². The summed E-state index contributed by atoms with van der Waals surface area (Å²) in [6, 6.07) is 0. The topological polar surface area (TPSA) is 142 Å². The molecule has 0 saturated carbocycles. The molecule has 0 spiro atoms. The number of aliphatic hydroxyl groups excluding tert-OH is 1. The normalized spacial score (nSPS) is 26.4. The Balaban J connectivity index is 1.74. The number of carboxylic acid groups (broad SMARTS) is 1. The third-order valence-electron chi connectivity index (χ3n) is 6.06. The van der Waals surface area contributed by atoms with E-state index in [9.17, 15) is 23.1 Å². The van der Waals surface area contributed by atoms with Crippen molar-refractivity contribution in [1.29, 1.82) is 0 Å². The average Bonchev–Trinajstić information content (AvgIpc) is 3.32. The maximum atomic E-state index is 12.1. The number of carbonyl (C=O) groups excluding carboxylic acids is 1. The van der Waals surface area contributed by atoms with Gasteiger partial charge in [-0.3, -0.25) is 4.79 Å². The molecule has 10 heteroatoms. The highest BCUT2D eigenvalue weighted by atomic mass is 32.2. The number of unbranched alkanes of at least 4 members (excludes halogenated alkanes) is 2. The Kier molecular flexibility index (Phi) is 10.4. The van der Waals surface area contributed by atoms with Gasteiger partial charge in [-0.2, -0.15) is 0 Å². The van der Waals surface area contributed by atoms with Crippen LogP contribution in [0.3, 0.4) is 0 Å². The second-order valence-electron chi connectivity index (χ2n) is 8.41. The van der Waals surface area contributed by atoms with Crippen LogP contribution in [0.1, 0.15) is 58.3 Å². The molecule has 0 aliphatic carbocycles. The first-order chi connectivity index (χ1) is 14.7. The molecule has 5 atom stereocenters. The zero-order chi connectivity index (χ0) is 22.9. The highest BCUT2D eigenvalue weighted by Crippen LogP contribution is 2.44. The maximum absolute atomic E-state index is 12.1. The van der Waals surface area contributed by atoms with Crippen molar-refractivity contribution >= 4 is 21.9 Å². The van der Waals surface area contributed by atoms with E-state index in [-0.39, 0.29) is 48.7 Å². The number of carbonyl (C=O) groups is 2. The lowest BCUT2D eigenvalue weighted by Crippen LogP contribution is -2.42. The number of ether oxygens (including phenoxy) is 1. The van der Waals surface area contributed by atoms with Gasteiger partial charge < -0.3 is 20.3 Å². The van der Waals surface area contributed by atoms with Crippen LogP contribution >= 0.6 is 0 Å². The van der Waals surface area contributed by atoms with Crippen LogP contribution in [0.15, 0.2) is 12.2 Å². The molecule has 2 saturated heterocycles. The van der Waals surface area contributed by atoms with Gasteiger partial charge in [-0.1, -0.05) is 31.9 Å². The monoisotopic (exact) mass is 460 g/mol. The standard InChI is InChI=1S/C21H36N2O7S/c1-2-3-7-12-31(28,29)23-14-20(25)22-13-16-15(18-10-11-19(16)30-18)8-5-4-6-9-17(24)21(26)27/h4-5,15-19,23-24H,2-3,6-14H2,1H3,(H,22,25)(H,26,27)/b5-4-/t15?,16-,17+,18+,19-/m0/s1. The predicted molar refractivity (Wildman–Crippen MR) is 116 cm³/mol. The highest BCUT2D eigenvalue weighted by Gasteiger charge is 2.47. The van der Waals surface area contributed by atoms with Gasteiger partial charge in [0.15, 0.2) is 6.10 Å². The third kappa shape index (κ3) is 8.51. The maximum Gasteiger partial charge on any atom is 0.332 e. The Labute approximate surface area is 184 Å². The van der Waals surface area contributed by atoms with Crippen LogP contribution in [0.4, 0.5) is 0 Å². The number of fused-ring (bicyclic) bond motifs is 2. The summed E-state index contributed by atoms with van der Waals surface area (Å²) in [7, 11) is -3.43. The van der Waals surface area contributed by atoms with Crippen LogP contribution in [0.5, 0.6) is 0 Å². The van der Waals surface area contributed by atoms with E-state index in [2.05, 4.69) is 10.0 Å². The number of amides is 1. The Hall–Kier alpha value is -1.49. The smallest absolute Gasteiger partial charge is 0.332 e. The van der Waals surface area contributed by atoms with E-state index >= 15 is 0 Å². The number of rotatable bonds is 15. The first-order valence-electron chi connectivity index (χ1n) is 11.2. The lowest BCUT2D eigenvalue weighted by molar-refractivity contribution is -0.146. The second-order valence-corrected chi connectivity index (χ2v) is 10.3. The molecule has 2 rings (SSSR count). The fourth-order valence-corrected chi connectivity index (χ4v) is 5.39. The van der Waals surface area contributed by atoms with Crippen LogP contribution in [0.2, 0.25) is 0 Å². The van der Waals surface area contributed by atoms with Crippen LogP contribution in [-0.4, -0.2) is 67.7 Å². The molecule has 9 nitrogen and oxygen atoms in total. The van der Waals surface area contributed by atoms with Crippen LogP contribution in [0.25, 0.3) is 0 Å². The molecule has 0 aromatic heterocycles. The number of hydrogen-bond acceptors (Lipinski definition) is 6. The summed E-state index contributed by atoms with van der Waals surface area (Å²) in [6.45, 7) is 2.18. The molecule has 1 amide bonds. The number of aliphatic carboxylic acids is 1. The molecule has 2 heterocycles. The lowest BCUT2D eigenvalue weighted by atomic mass is 9.77. The molecule has 4 N–H and O–H groups in total. The van der Waals surface area contributed by atoms with Crippen molar-refractivity contribution in [3.63, 3.8) is 0 Å². The van der Waals surface area contributed by atoms with Crippen molar-refractivity contribution in [1.82, 2.24) is 10.0 Å². The van der Waals surface area contributed by atoms with Crippen molar-refractivity contribution < 1.29 is 33.0 Å². The zero-order valence-corrected chi connectivity index (χ0v) is 19.0. The fourth-order valence-electron chi connectivity index (χ4n) is 4.31. The Morgan fingerprint density at radius 3 is 2.55 bits per heavy atom. The second kappa shape index (κ2) is 12.5. The van der Waals surface area contributed by atoms with Gasteiger partial charge >= 0.3 is 5.97 Å². The fraction of sp³-hybridized carbons (Fsp3) is 0.810. The van der Waals surface area contributed by atoms with Gasteiger partial charge in [0.1, 0.15) is 0 Å². The minimum atomic E-state index is -3.43. The van der Waals surface area contributed by atoms with Crippen LogP contribution in [-0.2, 0) is 24.3 Å². The summed E-state index contributed by atoms with van der Waals surface area (Å²) in [5, 5.41) is 20.8. The summed E-state index contributed by atoms with van der Waals surface area (Å²) in [4.78, 5) is 22.8. The quantitative estimate of drug-likeness (QED) is 0.212. The molecule has 2 aliphatic rings. The van der Waals surface area contributed by atoms with Crippen molar-refractivity contribution in [2.45, 2.75) is 76.6 Å². The molecule has 178 valence electrons. The minimum Gasteiger partial charge on any atom is -0.479 e. The molecule has 2 bridgehead atoms. The Morgan fingerprint density at radius 1 is 1.16 bits per heavy atom. The molecule has 0 radical (unpaired) electrons. The number of allylic oxidation sites excluding steroid dienone is 2. The predicted octanol–water partition coefficient (Wildman–Crippen LogP) is 1.18. The van der Waals surface area contributed by atoms with Gasteiger partial charge in [0, 0.05) is 12.5 Å². The summed E-state index contributed by atoms with van der Waals surface area (Å²) in [5.41, 5.74) is 0. The number of sulfonamides is 1. The minimum absolute atomic E-state index is 0.0340. The Morgan fingerprint density at radius 2 is 1.87 bits per heavy atom. The molecule has 0 aromatic rings. The highest BCUT2D eigenvalue weighted by molar-refractivity contribution is 7.89. The molecule has 0 aromatic carbocycles. The molecule has 31 heavy (non-hydrogen) atoms. The summed E-state index contributed by atoms with van der Waals surface area (Å²) in [5.74, 6) is -1.11. The molecular weight excluding hydrogens is 424 g/mol. The zero-order valence-electron chi connectivity index (χ0n) is 18.2. The molecular formula is C21H36N2O7S. The number of nitrogens with one attached hydrogen (secondary N) is 2. The van der Waals surface area contributed by atoms with E-state index in [0.29, 0.717) is 19.4 Å². The molecule has 2 aliphatic heterocycles. The van der Waals surface area contributed by atoms with E-state index < -0.39 is 22.1 Å². The first kappa shape index (κ1) is 25.8. The van der Waals surface area contributed by atoms with E-state index in [1.54, 1.807) is 0 Å². The van der Waals surface area contributed by atoms with Crippen molar-refractivity contribution in [3.05, 3.63) is 12.2 Å². The molecule has 2 fully saturated rings. The molecule has 1 unspecified atom stereocenters. The summed E-state index contributed by atoms with van der Waals surface area (Å²) < 4.78 is 32.2. The van der Waals surface area contributed by atoms with E-state index in [1.807, 2.05) is 19.1 Å². The van der Waals surface area contributed by atoms with E-state index in [4.69, 9.17) is 9.84 Å². The number of carboxylic acids is 1. The van der Waals surface area contributed by atoms with Crippen molar-refractivity contribution in [2.75, 3.05) is 18.8 Å². The van der Waals surface area contributed by atoms with E-state index in [1.165, 1.54) is 0 Å². The SMILES string of the molecule is CCCCCS(=O)(=O)NCC(=O)NC[C@H]1C(C/C=C\CC[C@@H](O)C(=O)O)[C@H]2CC[C@@H]1O2. The average molecular weight is 461 g/mol.